The summed E-state index contributed by atoms with van der Waals surface area (Å²) in [6.07, 6.45) is 5.48. The van der Waals surface area contributed by atoms with E-state index in [0.29, 0.717) is 3.69 Å². The molecular formula is C9H11IO3. The van der Waals surface area contributed by atoms with Crippen LogP contribution in [0.15, 0.2) is 22.0 Å². The van der Waals surface area contributed by atoms with E-state index >= 15 is 0 Å². The molecule has 2 aliphatic rings. The van der Waals surface area contributed by atoms with E-state index in [9.17, 15) is 0 Å². The molecule has 13 heavy (non-hydrogen) atoms. The molecule has 1 atom stereocenters. The molecule has 1 N–H and O–H groups in total. The number of rotatable bonds is 2. The third-order valence-electron chi connectivity index (χ3n) is 1.81. The Balaban J connectivity index is 1.92. The van der Waals surface area contributed by atoms with Gasteiger partial charge < -0.3 is 14.6 Å². The van der Waals surface area contributed by atoms with Crippen LogP contribution >= 0.6 is 20.7 Å². The first-order chi connectivity index (χ1) is 6.34. The van der Waals surface area contributed by atoms with Gasteiger partial charge in [-0.3, -0.25) is 0 Å². The summed E-state index contributed by atoms with van der Waals surface area (Å²) >= 11 is -0.368. The van der Waals surface area contributed by atoms with E-state index in [2.05, 4.69) is 0 Å². The summed E-state index contributed by atoms with van der Waals surface area (Å²) in [5, 5.41) is 9.14. The van der Waals surface area contributed by atoms with Gasteiger partial charge in [-0.15, -0.1) is 0 Å². The Hall–Kier alpha value is -0.200. The fourth-order valence-corrected chi connectivity index (χ4v) is 2.56. The van der Waals surface area contributed by atoms with Crippen LogP contribution in [0.2, 0.25) is 0 Å². The molecule has 3 nitrogen and oxygen atoms in total. The summed E-state index contributed by atoms with van der Waals surface area (Å²) in [7, 11) is 0. The minimum atomic E-state index is -0.368. The van der Waals surface area contributed by atoms with Crippen LogP contribution in [0.5, 0.6) is 0 Å². The summed E-state index contributed by atoms with van der Waals surface area (Å²) in [4.78, 5) is 0. The molecule has 0 aromatic rings. The highest BCUT2D eigenvalue weighted by Crippen LogP contribution is 2.21. The Morgan fingerprint density at radius 1 is 1.54 bits per heavy atom. The molecule has 0 aliphatic carbocycles. The van der Waals surface area contributed by atoms with Crippen LogP contribution in [0.3, 0.4) is 0 Å². The molecule has 0 amide bonds. The van der Waals surface area contributed by atoms with Crippen LogP contribution in [0.4, 0.5) is 0 Å². The van der Waals surface area contributed by atoms with E-state index in [-0.39, 0.29) is 27.0 Å². The number of allylic oxidation sites excluding steroid dienone is 1. The van der Waals surface area contributed by atoms with Gasteiger partial charge in [0, 0.05) is 10.5 Å². The van der Waals surface area contributed by atoms with Crippen molar-refractivity contribution in [2.75, 3.05) is 6.61 Å². The Kier molecular flexibility index (Phi) is 3.13. The highest BCUT2D eigenvalue weighted by Gasteiger charge is 2.17. The SMILES string of the molecule is OC1=IC=C(O[C@H]2CCCO2)C=C1. The van der Waals surface area contributed by atoms with Crippen molar-refractivity contribution in [2.24, 2.45) is 0 Å². The molecule has 0 saturated carbocycles. The first-order valence-corrected chi connectivity index (χ1v) is 6.53. The second kappa shape index (κ2) is 4.34. The lowest BCUT2D eigenvalue weighted by Gasteiger charge is -2.13. The second-order valence-corrected chi connectivity index (χ2v) is 5.19. The van der Waals surface area contributed by atoms with Crippen molar-refractivity contribution in [1.29, 1.82) is 0 Å². The lowest BCUT2D eigenvalue weighted by Crippen LogP contribution is -2.09. The van der Waals surface area contributed by atoms with Gasteiger partial charge in [0.1, 0.15) is 9.45 Å². The van der Waals surface area contributed by atoms with E-state index < -0.39 is 0 Å². The van der Waals surface area contributed by atoms with Gasteiger partial charge in [-0.1, -0.05) is 20.7 Å². The van der Waals surface area contributed by atoms with Gasteiger partial charge in [0.05, 0.1) is 6.61 Å². The molecule has 2 heterocycles. The maximum absolute atomic E-state index is 9.14. The number of hydrogen-bond acceptors (Lipinski definition) is 3. The maximum atomic E-state index is 9.14. The van der Waals surface area contributed by atoms with Crippen LogP contribution in [0.1, 0.15) is 12.8 Å². The van der Waals surface area contributed by atoms with Crippen molar-refractivity contribution in [1.82, 2.24) is 0 Å². The highest BCUT2D eigenvalue weighted by molar-refractivity contribution is 14.2. The molecule has 0 radical (unpaired) electrons. The molecule has 2 rings (SSSR count). The van der Waals surface area contributed by atoms with Gasteiger partial charge in [-0.05, 0) is 18.6 Å². The molecule has 72 valence electrons. The average Bonchev–Trinajstić information content (AvgIpc) is 2.62. The van der Waals surface area contributed by atoms with Crippen LogP contribution < -0.4 is 0 Å². The highest BCUT2D eigenvalue weighted by atomic mass is 127. The summed E-state index contributed by atoms with van der Waals surface area (Å²) in [5.41, 5.74) is 0. The van der Waals surface area contributed by atoms with Crippen molar-refractivity contribution in [2.45, 2.75) is 19.1 Å². The Labute approximate surface area is 86.8 Å². The molecule has 0 bridgehead atoms. The quantitative estimate of drug-likeness (QED) is 0.792. The first kappa shape index (κ1) is 9.36. The average molecular weight is 294 g/mol. The van der Waals surface area contributed by atoms with Crippen molar-refractivity contribution in [3.63, 3.8) is 0 Å². The molecule has 0 aromatic heterocycles. The Bertz CT molecular complexity index is 275. The standard InChI is InChI=1S/C9H11IO3/c11-8-4-3-7(6-10-8)13-9-2-1-5-12-9/h3-4,6,9,11H,1-2,5H2/t9-/m0/s1. The van der Waals surface area contributed by atoms with Crippen LogP contribution in [0.25, 0.3) is 0 Å². The van der Waals surface area contributed by atoms with E-state index in [0.717, 1.165) is 25.2 Å². The van der Waals surface area contributed by atoms with E-state index in [1.807, 2.05) is 4.08 Å². The van der Waals surface area contributed by atoms with Gasteiger partial charge in [0.25, 0.3) is 0 Å². The molecule has 1 fully saturated rings. The summed E-state index contributed by atoms with van der Waals surface area (Å²) < 4.78 is 13.3. The second-order valence-electron chi connectivity index (χ2n) is 2.84. The summed E-state index contributed by atoms with van der Waals surface area (Å²) in [6, 6.07) is 0. The largest absolute Gasteiger partial charge is 0.464 e. The van der Waals surface area contributed by atoms with Crippen molar-refractivity contribution >= 4 is 24.4 Å². The van der Waals surface area contributed by atoms with Crippen molar-refractivity contribution in [3.05, 3.63) is 22.0 Å². The van der Waals surface area contributed by atoms with Gasteiger partial charge >= 0.3 is 0 Å². The summed E-state index contributed by atoms with van der Waals surface area (Å²) in [6.45, 7) is 0.800. The van der Waals surface area contributed by atoms with E-state index in [4.69, 9.17) is 14.6 Å². The Morgan fingerprint density at radius 2 is 2.46 bits per heavy atom. The lowest BCUT2D eigenvalue weighted by atomic mass is 10.3. The van der Waals surface area contributed by atoms with E-state index in [1.54, 1.807) is 12.2 Å². The predicted octanol–water partition coefficient (Wildman–Crippen LogP) is 2.02. The van der Waals surface area contributed by atoms with Gasteiger partial charge in [-0.2, -0.15) is 0 Å². The monoisotopic (exact) mass is 294 g/mol. The van der Waals surface area contributed by atoms with Crippen molar-refractivity contribution in [3.8, 4) is 0 Å². The number of halogens is 1. The predicted molar refractivity (Wildman–Crippen MR) is 58.2 cm³/mol. The molecule has 1 saturated heterocycles. The molecule has 4 heteroatoms. The fourth-order valence-electron chi connectivity index (χ4n) is 1.19. The zero-order valence-corrected chi connectivity index (χ0v) is 9.23. The third kappa shape index (κ3) is 2.62. The molecule has 2 aliphatic heterocycles. The minimum Gasteiger partial charge on any atom is -0.464 e. The minimum absolute atomic E-state index is 0.0693. The first-order valence-electron chi connectivity index (χ1n) is 4.20. The number of ether oxygens (including phenoxy) is 2. The van der Waals surface area contributed by atoms with E-state index in [1.165, 1.54) is 0 Å². The molecule has 0 unspecified atom stereocenters. The topological polar surface area (TPSA) is 38.7 Å². The van der Waals surface area contributed by atoms with Crippen LogP contribution in [0, 0.1) is 0 Å². The fraction of sp³-hybridized carbons (Fsp3) is 0.444. The molecular weight excluding hydrogens is 283 g/mol. The van der Waals surface area contributed by atoms with Crippen molar-refractivity contribution < 1.29 is 14.6 Å². The normalized spacial score (nSPS) is 27.6. The number of hydrogen-bond donors (Lipinski definition) is 1. The van der Waals surface area contributed by atoms with Gasteiger partial charge in [0.15, 0.2) is 6.29 Å². The van der Waals surface area contributed by atoms with Gasteiger partial charge in [0.2, 0.25) is 0 Å². The summed E-state index contributed by atoms with van der Waals surface area (Å²) in [5.74, 6) is 0.845. The molecule has 0 aromatic carbocycles. The number of aliphatic hydroxyl groups is 1. The molecule has 0 spiro atoms. The smallest absolute Gasteiger partial charge is 0.199 e. The van der Waals surface area contributed by atoms with Crippen LogP contribution in [-0.2, 0) is 9.47 Å². The Morgan fingerprint density at radius 3 is 3.08 bits per heavy atom. The van der Waals surface area contributed by atoms with Gasteiger partial charge in [-0.25, -0.2) is 0 Å². The zero-order valence-electron chi connectivity index (χ0n) is 7.07. The van der Waals surface area contributed by atoms with Crippen LogP contribution in [-0.4, -0.2) is 21.7 Å². The third-order valence-corrected chi connectivity index (χ3v) is 3.74. The maximum Gasteiger partial charge on any atom is 0.199 e. The zero-order chi connectivity index (χ0) is 9.10. The number of aliphatic hydroxyl groups excluding tert-OH is 1. The lowest BCUT2D eigenvalue weighted by molar-refractivity contribution is -0.0761.